The molecule has 0 aliphatic carbocycles. The summed E-state index contributed by atoms with van der Waals surface area (Å²) in [4.78, 5) is 12.3. The number of carbonyl (C=O) groups excluding carboxylic acids is 1. The fourth-order valence-corrected chi connectivity index (χ4v) is 2.40. The molecule has 0 spiro atoms. The second-order valence-corrected chi connectivity index (χ2v) is 5.47. The molecule has 2 aromatic carbocycles. The summed E-state index contributed by atoms with van der Waals surface area (Å²) in [6.07, 6.45) is -0.507. The fraction of sp³-hybridized carbons (Fsp3) is 0.316. The average Bonchev–Trinajstić information content (AvgIpc) is 2.62. The van der Waals surface area contributed by atoms with Crippen LogP contribution in [0.15, 0.2) is 54.6 Å². The molecule has 0 aromatic heterocycles. The van der Waals surface area contributed by atoms with Crippen molar-refractivity contribution in [1.82, 2.24) is 5.32 Å². The van der Waals surface area contributed by atoms with Crippen LogP contribution in [-0.4, -0.2) is 35.4 Å². The van der Waals surface area contributed by atoms with Crippen LogP contribution in [0.2, 0.25) is 0 Å². The number of rotatable bonds is 8. The van der Waals surface area contributed by atoms with Crippen LogP contribution in [0.3, 0.4) is 0 Å². The van der Waals surface area contributed by atoms with Gasteiger partial charge in [-0.05, 0) is 43.2 Å². The summed E-state index contributed by atoms with van der Waals surface area (Å²) < 4.78 is 5.34. The van der Waals surface area contributed by atoms with Gasteiger partial charge in [0.1, 0.15) is 5.75 Å². The maximum Gasteiger partial charge on any atom is 0.251 e. The molecular formula is C19H23NO4. The predicted molar refractivity (Wildman–Crippen MR) is 92.0 cm³/mol. The number of hydrogen-bond donors (Lipinski definition) is 3. The van der Waals surface area contributed by atoms with Gasteiger partial charge in [-0.1, -0.05) is 30.3 Å². The van der Waals surface area contributed by atoms with E-state index in [1.165, 1.54) is 0 Å². The van der Waals surface area contributed by atoms with Crippen LogP contribution in [0, 0.1) is 0 Å². The first kappa shape index (κ1) is 18.0. The SMILES string of the molecule is CCOc1ccc(C(=O)N[C@@H](CO)C[C@H](O)c2ccccc2)cc1. The lowest BCUT2D eigenvalue weighted by molar-refractivity contribution is 0.0865. The molecule has 2 rings (SSSR count). The summed E-state index contributed by atoms with van der Waals surface area (Å²) in [5, 5.41) is 22.5. The van der Waals surface area contributed by atoms with Gasteiger partial charge in [-0.15, -0.1) is 0 Å². The normalized spacial score (nSPS) is 13.1. The van der Waals surface area contributed by atoms with Gasteiger partial charge in [0.25, 0.3) is 5.91 Å². The van der Waals surface area contributed by atoms with Gasteiger partial charge in [-0.2, -0.15) is 0 Å². The van der Waals surface area contributed by atoms with Crippen LogP contribution >= 0.6 is 0 Å². The summed E-state index contributed by atoms with van der Waals surface area (Å²) in [6, 6.07) is 15.4. The highest BCUT2D eigenvalue weighted by atomic mass is 16.5. The van der Waals surface area contributed by atoms with E-state index in [1.54, 1.807) is 24.3 Å². The summed E-state index contributed by atoms with van der Waals surface area (Å²) in [7, 11) is 0. The van der Waals surface area contributed by atoms with Crippen molar-refractivity contribution in [1.29, 1.82) is 0 Å². The van der Waals surface area contributed by atoms with Crippen molar-refractivity contribution >= 4 is 5.91 Å². The number of amides is 1. The predicted octanol–water partition coefficient (Wildman–Crippen LogP) is 2.30. The van der Waals surface area contributed by atoms with Crippen LogP contribution in [0.1, 0.15) is 35.4 Å². The lowest BCUT2D eigenvalue weighted by Gasteiger charge is -2.20. The molecule has 5 nitrogen and oxygen atoms in total. The van der Waals surface area contributed by atoms with Gasteiger partial charge in [0.15, 0.2) is 0 Å². The Hall–Kier alpha value is -2.37. The average molecular weight is 329 g/mol. The largest absolute Gasteiger partial charge is 0.494 e. The lowest BCUT2D eigenvalue weighted by atomic mass is 10.0. The highest BCUT2D eigenvalue weighted by Crippen LogP contribution is 2.18. The Kier molecular flexibility index (Phi) is 6.78. The van der Waals surface area contributed by atoms with E-state index >= 15 is 0 Å². The van der Waals surface area contributed by atoms with E-state index in [0.717, 1.165) is 5.56 Å². The van der Waals surface area contributed by atoms with E-state index in [-0.39, 0.29) is 18.9 Å². The van der Waals surface area contributed by atoms with E-state index in [4.69, 9.17) is 4.74 Å². The third-order valence-electron chi connectivity index (χ3n) is 3.68. The molecule has 1 amide bonds. The van der Waals surface area contributed by atoms with Crippen molar-refractivity contribution in [2.75, 3.05) is 13.2 Å². The Morgan fingerprint density at radius 1 is 1.12 bits per heavy atom. The Morgan fingerprint density at radius 3 is 2.38 bits per heavy atom. The number of nitrogens with one attached hydrogen (secondary N) is 1. The topological polar surface area (TPSA) is 78.8 Å². The molecule has 0 heterocycles. The Bertz CT molecular complexity index is 628. The van der Waals surface area contributed by atoms with Gasteiger partial charge in [-0.3, -0.25) is 4.79 Å². The number of hydrogen-bond acceptors (Lipinski definition) is 4. The van der Waals surface area contributed by atoms with Gasteiger partial charge < -0.3 is 20.3 Å². The zero-order chi connectivity index (χ0) is 17.4. The van der Waals surface area contributed by atoms with Gasteiger partial charge in [-0.25, -0.2) is 0 Å². The van der Waals surface area contributed by atoms with Crippen molar-refractivity contribution in [3.8, 4) is 5.75 Å². The zero-order valence-corrected chi connectivity index (χ0v) is 13.7. The highest BCUT2D eigenvalue weighted by Gasteiger charge is 2.18. The van der Waals surface area contributed by atoms with Crippen LogP contribution < -0.4 is 10.1 Å². The van der Waals surface area contributed by atoms with Gasteiger partial charge >= 0.3 is 0 Å². The van der Waals surface area contributed by atoms with Crippen molar-refractivity contribution in [2.24, 2.45) is 0 Å². The lowest BCUT2D eigenvalue weighted by Crippen LogP contribution is -2.38. The quantitative estimate of drug-likeness (QED) is 0.694. The van der Waals surface area contributed by atoms with E-state index in [1.807, 2.05) is 37.3 Å². The minimum atomic E-state index is -0.746. The third-order valence-corrected chi connectivity index (χ3v) is 3.68. The van der Waals surface area contributed by atoms with Crippen LogP contribution in [-0.2, 0) is 0 Å². The Morgan fingerprint density at radius 2 is 1.79 bits per heavy atom. The Labute approximate surface area is 141 Å². The van der Waals surface area contributed by atoms with Crippen LogP contribution in [0.4, 0.5) is 0 Å². The van der Waals surface area contributed by atoms with Crippen molar-refractivity contribution < 1.29 is 19.7 Å². The summed E-state index contributed by atoms with van der Waals surface area (Å²) in [5.41, 5.74) is 1.23. The number of aliphatic hydroxyl groups is 2. The van der Waals surface area contributed by atoms with Crippen LogP contribution in [0.5, 0.6) is 5.75 Å². The highest BCUT2D eigenvalue weighted by molar-refractivity contribution is 5.94. The molecule has 2 aromatic rings. The second-order valence-electron chi connectivity index (χ2n) is 5.47. The molecule has 0 aliphatic heterocycles. The number of benzene rings is 2. The van der Waals surface area contributed by atoms with E-state index < -0.39 is 12.1 Å². The fourth-order valence-electron chi connectivity index (χ4n) is 2.40. The monoisotopic (exact) mass is 329 g/mol. The Balaban J connectivity index is 1.95. The number of aliphatic hydroxyl groups excluding tert-OH is 2. The van der Waals surface area contributed by atoms with Crippen LogP contribution in [0.25, 0.3) is 0 Å². The summed E-state index contributed by atoms with van der Waals surface area (Å²) in [6.45, 7) is 2.21. The second kappa shape index (κ2) is 9.05. The first-order valence-corrected chi connectivity index (χ1v) is 8.01. The zero-order valence-electron chi connectivity index (χ0n) is 13.7. The van der Waals surface area contributed by atoms with Gasteiger partial charge in [0.2, 0.25) is 0 Å². The maximum atomic E-state index is 12.3. The molecular weight excluding hydrogens is 306 g/mol. The first-order chi connectivity index (χ1) is 11.6. The number of ether oxygens (including phenoxy) is 1. The molecule has 5 heteroatoms. The minimum Gasteiger partial charge on any atom is -0.494 e. The molecule has 2 atom stereocenters. The summed E-state index contributed by atoms with van der Waals surface area (Å²) >= 11 is 0. The van der Waals surface area contributed by atoms with Gasteiger partial charge in [0.05, 0.1) is 25.4 Å². The molecule has 0 fully saturated rings. The van der Waals surface area contributed by atoms with Crippen molar-refractivity contribution in [3.05, 3.63) is 65.7 Å². The smallest absolute Gasteiger partial charge is 0.251 e. The third kappa shape index (κ3) is 5.08. The first-order valence-electron chi connectivity index (χ1n) is 8.01. The van der Waals surface area contributed by atoms with Crippen molar-refractivity contribution in [3.63, 3.8) is 0 Å². The standard InChI is InChI=1S/C19H23NO4/c1-2-24-17-10-8-15(9-11-17)19(23)20-16(13-21)12-18(22)14-6-4-3-5-7-14/h3-11,16,18,21-22H,2,12-13H2,1H3,(H,20,23)/t16-,18+/m1/s1. The number of carbonyl (C=O) groups is 1. The van der Waals surface area contributed by atoms with E-state index in [2.05, 4.69) is 5.32 Å². The maximum absolute atomic E-state index is 12.3. The van der Waals surface area contributed by atoms with E-state index in [0.29, 0.717) is 17.9 Å². The molecule has 0 bridgehead atoms. The molecule has 128 valence electrons. The van der Waals surface area contributed by atoms with Gasteiger partial charge in [0, 0.05) is 5.56 Å². The molecule has 3 N–H and O–H groups in total. The molecule has 0 saturated heterocycles. The van der Waals surface area contributed by atoms with E-state index in [9.17, 15) is 15.0 Å². The molecule has 0 saturated carbocycles. The minimum absolute atomic E-state index is 0.239. The molecule has 24 heavy (non-hydrogen) atoms. The van der Waals surface area contributed by atoms with Crippen molar-refractivity contribution in [2.45, 2.75) is 25.5 Å². The molecule has 0 aliphatic rings. The summed E-state index contributed by atoms with van der Waals surface area (Å²) in [5.74, 6) is 0.407. The molecule has 0 unspecified atom stereocenters. The molecule has 0 radical (unpaired) electrons.